The second-order valence-corrected chi connectivity index (χ2v) is 8.15. The molecule has 0 unspecified atom stereocenters. The molecule has 1 N–H and O–H groups in total. The Hall–Kier alpha value is -1.54. The van der Waals surface area contributed by atoms with Gasteiger partial charge in [0.1, 0.15) is 16.5 Å². The molecule has 0 saturated carbocycles. The fraction of sp³-hybridized carbons (Fsp3) is 0.357. The molecule has 8 heteroatoms. The Labute approximate surface area is 131 Å². The van der Waals surface area contributed by atoms with E-state index in [-0.39, 0.29) is 5.13 Å². The summed E-state index contributed by atoms with van der Waals surface area (Å²) in [5.74, 6) is -1.27. The summed E-state index contributed by atoms with van der Waals surface area (Å²) in [5, 5.41) is 0.197. The maximum atomic E-state index is 13.6. The zero-order valence-corrected chi connectivity index (χ0v) is 13.4. The van der Waals surface area contributed by atoms with Crippen LogP contribution in [0.3, 0.4) is 0 Å². The smallest absolute Gasteiger partial charge is 0.255 e. The van der Waals surface area contributed by atoms with Gasteiger partial charge in [0, 0.05) is 4.88 Å². The minimum atomic E-state index is -4.20. The summed E-state index contributed by atoms with van der Waals surface area (Å²) in [6, 6.07) is 2.32. The van der Waals surface area contributed by atoms with Crippen LogP contribution >= 0.6 is 11.3 Å². The second-order valence-electron chi connectivity index (χ2n) is 5.42. The fourth-order valence-electron chi connectivity index (χ4n) is 2.44. The van der Waals surface area contributed by atoms with Gasteiger partial charge in [-0.1, -0.05) is 6.92 Å². The molecule has 0 aliphatic heterocycles. The molecular weight excluding hydrogens is 330 g/mol. The van der Waals surface area contributed by atoms with E-state index in [0.29, 0.717) is 12.0 Å². The van der Waals surface area contributed by atoms with Crippen molar-refractivity contribution < 1.29 is 17.2 Å². The van der Waals surface area contributed by atoms with Gasteiger partial charge in [0.15, 0.2) is 5.13 Å². The van der Waals surface area contributed by atoms with Crippen LogP contribution in [0.1, 0.15) is 23.9 Å². The summed E-state index contributed by atoms with van der Waals surface area (Å²) in [4.78, 5) is 4.60. The SMILES string of the molecule is C[C@H]1CCc2nc(NS(=O)(=O)c3cc(F)ccc3F)sc2C1. The Morgan fingerprint density at radius 2 is 2.14 bits per heavy atom. The monoisotopic (exact) mass is 344 g/mol. The van der Waals surface area contributed by atoms with Gasteiger partial charge in [0.25, 0.3) is 10.0 Å². The maximum absolute atomic E-state index is 13.6. The molecule has 0 spiro atoms. The molecule has 1 heterocycles. The number of aromatic nitrogens is 1. The third kappa shape index (κ3) is 2.98. The number of rotatable bonds is 3. The van der Waals surface area contributed by atoms with E-state index in [1.807, 2.05) is 0 Å². The van der Waals surface area contributed by atoms with Gasteiger partial charge in [-0.2, -0.15) is 0 Å². The molecule has 0 radical (unpaired) electrons. The first-order chi connectivity index (χ1) is 10.3. The Kier molecular flexibility index (Phi) is 3.90. The Morgan fingerprint density at radius 1 is 1.36 bits per heavy atom. The van der Waals surface area contributed by atoms with Crippen molar-refractivity contribution in [2.75, 3.05) is 4.72 Å². The second kappa shape index (κ2) is 5.58. The lowest BCUT2D eigenvalue weighted by atomic mass is 9.93. The number of aryl methyl sites for hydroxylation is 1. The standard InChI is InChI=1S/C14H14F2N2O2S2/c1-8-2-5-11-12(6-8)21-14(17-11)18-22(19,20)13-7-9(15)3-4-10(13)16/h3-4,7-8H,2,5-6H2,1H3,(H,17,18)/t8-/m0/s1. The normalized spacial score (nSPS) is 18.0. The van der Waals surface area contributed by atoms with Gasteiger partial charge in [-0.25, -0.2) is 22.2 Å². The first-order valence-corrected chi connectivity index (χ1v) is 9.11. The van der Waals surface area contributed by atoms with Crippen LogP contribution in [0.15, 0.2) is 23.1 Å². The molecule has 1 atom stereocenters. The number of fused-ring (bicyclic) bond motifs is 1. The molecule has 118 valence electrons. The molecule has 3 rings (SSSR count). The van der Waals surface area contributed by atoms with Gasteiger partial charge < -0.3 is 0 Å². The minimum absolute atomic E-state index is 0.197. The van der Waals surface area contributed by atoms with Gasteiger partial charge >= 0.3 is 0 Å². The molecule has 1 aromatic carbocycles. The summed E-state index contributed by atoms with van der Waals surface area (Å²) < 4.78 is 53.5. The van der Waals surface area contributed by atoms with E-state index in [4.69, 9.17) is 0 Å². The zero-order valence-electron chi connectivity index (χ0n) is 11.8. The highest BCUT2D eigenvalue weighted by Gasteiger charge is 2.24. The van der Waals surface area contributed by atoms with E-state index in [1.165, 1.54) is 11.3 Å². The van der Waals surface area contributed by atoms with Gasteiger partial charge in [-0.3, -0.25) is 4.72 Å². The van der Waals surface area contributed by atoms with E-state index < -0.39 is 26.6 Å². The van der Waals surface area contributed by atoms with Gasteiger partial charge in [0.05, 0.1) is 5.69 Å². The van der Waals surface area contributed by atoms with Crippen molar-refractivity contribution in [1.29, 1.82) is 0 Å². The van der Waals surface area contributed by atoms with Crippen molar-refractivity contribution in [3.05, 3.63) is 40.4 Å². The molecule has 1 aromatic heterocycles. The Morgan fingerprint density at radius 3 is 2.91 bits per heavy atom. The number of nitrogens with zero attached hydrogens (tertiary/aromatic N) is 1. The molecule has 22 heavy (non-hydrogen) atoms. The average molecular weight is 344 g/mol. The van der Waals surface area contributed by atoms with E-state index in [0.717, 1.165) is 42.0 Å². The lowest BCUT2D eigenvalue weighted by molar-refractivity contribution is 0.502. The van der Waals surface area contributed by atoms with Crippen LogP contribution in [0, 0.1) is 17.6 Å². The number of anilines is 1. The number of halogens is 2. The predicted molar refractivity (Wildman–Crippen MR) is 80.5 cm³/mol. The number of benzene rings is 1. The van der Waals surface area contributed by atoms with Gasteiger partial charge in [-0.05, 0) is 43.4 Å². The van der Waals surface area contributed by atoms with Crippen molar-refractivity contribution in [2.45, 2.75) is 31.1 Å². The predicted octanol–water partition coefficient (Wildman–Crippen LogP) is 3.35. The lowest BCUT2D eigenvalue weighted by Crippen LogP contribution is -2.15. The highest BCUT2D eigenvalue weighted by atomic mass is 32.2. The Balaban J connectivity index is 1.90. The molecular formula is C14H14F2N2O2S2. The van der Waals surface area contributed by atoms with E-state index >= 15 is 0 Å². The maximum Gasteiger partial charge on any atom is 0.266 e. The average Bonchev–Trinajstić information content (AvgIpc) is 2.81. The molecule has 1 aliphatic carbocycles. The van der Waals surface area contributed by atoms with Crippen molar-refractivity contribution in [2.24, 2.45) is 5.92 Å². The fourth-order valence-corrected chi connectivity index (χ4v) is 4.93. The highest BCUT2D eigenvalue weighted by molar-refractivity contribution is 7.93. The van der Waals surface area contributed by atoms with Crippen LogP contribution in [-0.2, 0) is 22.9 Å². The topological polar surface area (TPSA) is 59.1 Å². The third-order valence-corrected chi connectivity index (χ3v) is 6.11. The quantitative estimate of drug-likeness (QED) is 0.929. The number of hydrogen-bond donors (Lipinski definition) is 1. The van der Waals surface area contributed by atoms with Crippen molar-refractivity contribution in [3.63, 3.8) is 0 Å². The summed E-state index contributed by atoms with van der Waals surface area (Å²) in [7, 11) is -4.20. The first-order valence-electron chi connectivity index (χ1n) is 6.81. The van der Waals surface area contributed by atoms with Crippen LogP contribution < -0.4 is 4.72 Å². The number of thiazole rings is 1. The highest BCUT2D eigenvalue weighted by Crippen LogP contribution is 2.33. The summed E-state index contributed by atoms with van der Waals surface area (Å²) in [5.41, 5.74) is 0.889. The Bertz CT molecular complexity index is 818. The first kappa shape index (κ1) is 15.4. The molecule has 0 fully saturated rings. The third-order valence-electron chi connectivity index (χ3n) is 3.59. The van der Waals surface area contributed by atoms with Crippen molar-refractivity contribution in [3.8, 4) is 0 Å². The van der Waals surface area contributed by atoms with Crippen LogP contribution in [0.4, 0.5) is 13.9 Å². The van der Waals surface area contributed by atoms with Crippen LogP contribution in [0.5, 0.6) is 0 Å². The van der Waals surface area contributed by atoms with Crippen LogP contribution in [-0.4, -0.2) is 13.4 Å². The molecule has 2 aromatic rings. The lowest BCUT2D eigenvalue weighted by Gasteiger charge is -2.15. The zero-order chi connectivity index (χ0) is 15.9. The summed E-state index contributed by atoms with van der Waals surface area (Å²) >= 11 is 1.25. The molecule has 0 amide bonds. The molecule has 0 saturated heterocycles. The van der Waals surface area contributed by atoms with E-state index in [9.17, 15) is 17.2 Å². The summed E-state index contributed by atoms with van der Waals surface area (Å²) in [6.07, 6.45) is 2.69. The van der Waals surface area contributed by atoms with E-state index in [2.05, 4.69) is 16.6 Å². The van der Waals surface area contributed by atoms with Gasteiger partial charge in [-0.15, -0.1) is 11.3 Å². The van der Waals surface area contributed by atoms with Crippen molar-refractivity contribution in [1.82, 2.24) is 4.98 Å². The van der Waals surface area contributed by atoms with E-state index in [1.54, 1.807) is 0 Å². The minimum Gasteiger partial charge on any atom is -0.255 e. The number of sulfonamides is 1. The molecule has 4 nitrogen and oxygen atoms in total. The van der Waals surface area contributed by atoms with Gasteiger partial charge in [0.2, 0.25) is 0 Å². The van der Waals surface area contributed by atoms with Crippen molar-refractivity contribution >= 4 is 26.5 Å². The van der Waals surface area contributed by atoms with Crippen LogP contribution in [0.2, 0.25) is 0 Å². The number of nitrogens with one attached hydrogen (secondary N) is 1. The molecule has 0 bridgehead atoms. The molecule has 1 aliphatic rings. The number of hydrogen-bond acceptors (Lipinski definition) is 4. The van der Waals surface area contributed by atoms with Crippen LogP contribution in [0.25, 0.3) is 0 Å². The largest absolute Gasteiger partial charge is 0.266 e. The summed E-state index contributed by atoms with van der Waals surface area (Å²) in [6.45, 7) is 2.13.